The Kier molecular flexibility index (Phi) is 3.48. The summed E-state index contributed by atoms with van der Waals surface area (Å²) in [4.78, 5) is 0. The van der Waals surface area contributed by atoms with E-state index in [0.717, 1.165) is 17.7 Å². The third kappa shape index (κ3) is 2.29. The average molecular weight is 248 g/mol. The molecule has 0 spiro atoms. The van der Waals surface area contributed by atoms with Gasteiger partial charge in [-0.1, -0.05) is 24.6 Å². The lowest BCUT2D eigenvalue weighted by atomic mass is 10.0. The van der Waals surface area contributed by atoms with Crippen molar-refractivity contribution >= 4 is 0 Å². The number of aliphatic hydroxyl groups excluding tert-OH is 1. The molecular formula is C14H17FN2O. The zero-order chi connectivity index (χ0) is 13.3. The van der Waals surface area contributed by atoms with E-state index >= 15 is 0 Å². The van der Waals surface area contributed by atoms with Gasteiger partial charge in [-0.2, -0.15) is 5.10 Å². The molecule has 0 aliphatic rings. The standard InChI is InChI=1S/C14H17FN2O/c1-4-10-8-13(17(3)16-10)14(18)11-7-9(2)5-6-12(11)15/h5-8,14,18H,4H2,1-3H3. The number of halogens is 1. The van der Waals surface area contributed by atoms with E-state index in [2.05, 4.69) is 5.10 Å². The van der Waals surface area contributed by atoms with E-state index in [1.54, 1.807) is 23.9 Å². The number of rotatable bonds is 3. The molecule has 4 heteroatoms. The highest BCUT2D eigenvalue weighted by molar-refractivity contribution is 5.31. The predicted molar refractivity (Wildman–Crippen MR) is 67.8 cm³/mol. The van der Waals surface area contributed by atoms with Crippen molar-refractivity contribution in [3.8, 4) is 0 Å². The summed E-state index contributed by atoms with van der Waals surface area (Å²) in [5.41, 5.74) is 2.71. The number of aliphatic hydroxyl groups is 1. The first-order chi connectivity index (χ1) is 8.52. The molecule has 0 saturated heterocycles. The summed E-state index contributed by atoms with van der Waals surface area (Å²) >= 11 is 0. The fourth-order valence-corrected chi connectivity index (χ4v) is 2.00. The summed E-state index contributed by atoms with van der Waals surface area (Å²) in [6.45, 7) is 3.86. The van der Waals surface area contributed by atoms with Gasteiger partial charge in [0.05, 0.1) is 11.4 Å². The molecule has 2 rings (SSSR count). The highest BCUT2D eigenvalue weighted by Crippen LogP contribution is 2.25. The highest BCUT2D eigenvalue weighted by Gasteiger charge is 2.19. The Balaban J connectivity index is 2.43. The zero-order valence-corrected chi connectivity index (χ0v) is 10.8. The van der Waals surface area contributed by atoms with Gasteiger partial charge in [0, 0.05) is 12.6 Å². The first-order valence-electron chi connectivity index (χ1n) is 6.00. The van der Waals surface area contributed by atoms with Crippen molar-refractivity contribution in [1.82, 2.24) is 9.78 Å². The van der Waals surface area contributed by atoms with Crippen LogP contribution in [-0.4, -0.2) is 14.9 Å². The number of hydrogen-bond donors (Lipinski definition) is 1. The Bertz CT molecular complexity index is 563. The van der Waals surface area contributed by atoms with Crippen LogP contribution in [0.3, 0.4) is 0 Å². The Morgan fingerprint density at radius 3 is 2.72 bits per heavy atom. The topological polar surface area (TPSA) is 38.0 Å². The maximum absolute atomic E-state index is 13.7. The second kappa shape index (κ2) is 4.90. The Morgan fingerprint density at radius 2 is 2.11 bits per heavy atom. The van der Waals surface area contributed by atoms with Crippen LogP contribution in [0.25, 0.3) is 0 Å². The quantitative estimate of drug-likeness (QED) is 0.906. The van der Waals surface area contributed by atoms with E-state index in [1.165, 1.54) is 6.07 Å². The number of aryl methyl sites for hydroxylation is 3. The molecule has 1 aromatic carbocycles. The Hall–Kier alpha value is -1.68. The molecule has 1 heterocycles. The lowest BCUT2D eigenvalue weighted by molar-refractivity contribution is 0.204. The van der Waals surface area contributed by atoms with E-state index < -0.39 is 11.9 Å². The molecule has 1 unspecified atom stereocenters. The van der Waals surface area contributed by atoms with Crippen LogP contribution < -0.4 is 0 Å². The number of benzene rings is 1. The SMILES string of the molecule is CCc1cc(C(O)c2cc(C)ccc2F)n(C)n1. The van der Waals surface area contributed by atoms with Gasteiger partial charge in [0.2, 0.25) is 0 Å². The molecule has 1 N–H and O–H groups in total. The minimum absolute atomic E-state index is 0.292. The summed E-state index contributed by atoms with van der Waals surface area (Å²) in [5, 5.41) is 14.5. The van der Waals surface area contributed by atoms with E-state index in [4.69, 9.17) is 0 Å². The van der Waals surface area contributed by atoms with Crippen LogP contribution in [0.4, 0.5) is 4.39 Å². The van der Waals surface area contributed by atoms with E-state index in [-0.39, 0.29) is 0 Å². The Labute approximate surface area is 106 Å². The summed E-state index contributed by atoms with van der Waals surface area (Å²) in [6, 6.07) is 6.54. The molecule has 96 valence electrons. The minimum Gasteiger partial charge on any atom is -0.382 e. The van der Waals surface area contributed by atoms with Crippen LogP contribution in [0, 0.1) is 12.7 Å². The van der Waals surface area contributed by atoms with Gasteiger partial charge in [0.15, 0.2) is 0 Å². The van der Waals surface area contributed by atoms with Crippen LogP contribution in [-0.2, 0) is 13.5 Å². The van der Waals surface area contributed by atoms with Crippen molar-refractivity contribution in [2.24, 2.45) is 7.05 Å². The van der Waals surface area contributed by atoms with Gasteiger partial charge in [-0.25, -0.2) is 4.39 Å². The number of aromatic nitrogens is 2. The molecule has 0 aliphatic heterocycles. The third-order valence-electron chi connectivity index (χ3n) is 3.06. The van der Waals surface area contributed by atoms with E-state index in [9.17, 15) is 9.50 Å². The molecular weight excluding hydrogens is 231 g/mol. The molecule has 0 aliphatic carbocycles. The fourth-order valence-electron chi connectivity index (χ4n) is 2.00. The second-order valence-corrected chi connectivity index (χ2v) is 4.47. The summed E-state index contributed by atoms with van der Waals surface area (Å²) < 4.78 is 15.3. The van der Waals surface area contributed by atoms with Gasteiger partial charge in [-0.3, -0.25) is 4.68 Å². The third-order valence-corrected chi connectivity index (χ3v) is 3.06. The highest BCUT2D eigenvalue weighted by atomic mass is 19.1. The molecule has 2 aromatic rings. The van der Waals surface area contributed by atoms with Gasteiger partial charge in [-0.15, -0.1) is 0 Å². The van der Waals surface area contributed by atoms with Crippen LogP contribution >= 0.6 is 0 Å². The van der Waals surface area contributed by atoms with Crippen molar-refractivity contribution in [1.29, 1.82) is 0 Å². The molecule has 0 amide bonds. The van der Waals surface area contributed by atoms with Crippen LogP contribution in [0.2, 0.25) is 0 Å². The molecule has 0 fully saturated rings. The Morgan fingerprint density at radius 1 is 1.39 bits per heavy atom. The number of nitrogens with zero attached hydrogens (tertiary/aromatic N) is 2. The van der Waals surface area contributed by atoms with Crippen molar-refractivity contribution in [3.05, 3.63) is 52.6 Å². The molecule has 1 atom stereocenters. The summed E-state index contributed by atoms with van der Waals surface area (Å²) in [6.07, 6.45) is -0.195. The van der Waals surface area contributed by atoms with Gasteiger partial charge in [-0.05, 0) is 25.5 Å². The minimum atomic E-state index is -0.984. The normalized spacial score (nSPS) is 12.7. The van der Waals surface area contributed by atoms with Gasteiger partial charge in [0.25, 0.3) is 0 Å². The van der Waals surface area contributed by atoms with Crippen LogP contribution in [0.5, 0.6) is 0 Å². The summed E-state index contributed by atoms with van der Waals surface area (Å²) in [5.74, 6) is -0.396. The first kappa shape index (κ1) is 12.8. The smallest absolute Gasteiger partial charge is 0.129 e. The van der Waals surface area contributed by atoms with Crippen molar-refractivity contribution in [3.63, 3.8) is 0 Å². The van der Waals surface area contributed by atoms with Crippen molar-refractivity contribution < 1.29 is 9.50 Å². The molecule has 3 nitrogen and oxygen atoms in total. The van der Waals surface area contributed by atoms with Gasteiger partial charge < -0.3 is 5.11 Å². The van der Waals surface area contributed by atoms with Gasteiger partial charge >= 0.3 is 0 Å². The van der Waals surface area contributed by atoms with E-state index in [1.807, 2.05) is 19.9 Å². The van der Waals surface area contributed by atoms with Crippen molar-refractivity contribution in [2.75, 3.05) is 0 Å². The lowest BCUT2D eigenvalue weighted by Gasteiger charge is -2.12. The molecule has 0 saturated carbocycles. The predicted octanol–water partition coefficient (Wildman–Crippen LogP) is 2.51. The molecule has 0 radical (unpaired) electrons. The van der Waals surface area contributed by atoms with Crippen LogP contribution in [0.15, 0.2) is 24.3 Å². The second-order valence-electron chi connectivity index (χ2n) is 4.47. The largest absolute Gasteiger partial charge is 0.382 e. The van der Waals surface area contributed by atoms with E-state index in [0.29, 0.717) is 11.3 Å². The lowest BCUT2D eigenvalue weighted by Crippen LogP contribution is -2.08. The monoisotopic (exact) mass is 248 g/mol. The first-order valence-corrected chi connectivity index (χ1v) is 6.00. The maximum Gasteiger partial charge on any atom is 0.129 e. The fraction of sp³-hybridized carbons (Fsp3) is 0.357. The zero-order valence-electron chi connectivity index (χ0n) is 10.8. The molecule has 18 heavy (non-hydrogen) atoms. The number of hydrogen-bond acceptors (Lipinski definition) is 2. The van der Waals surface area contributed by atoms with Gasteiger partial charge in [0.1, 0.15) is 11.9 Å². The average Bonchev–Trinajstić information content (AvgIpc) is 2.73. The summed E-state index contributed by atoms with van der Waals surface area (Å²) in [7, 11) is 1.76. The van der Waals surface area contributed by atoms with Crippen molar-refractivity contribution in [2.45, 2.75) is 26.4 Å². The molecule has 1 aromatic heterocycles. The molecule has 0 bridgehead atoms. The maximum atomic E-state index is 13.7. The van der Waals surface area contributed by atoms with Crippen LogP contribution in [0.1, 0.15) is 35.5 Å².